The van der Waals surface area contributed by atoms with Gasteiger partial charge in [0.25, 0.3) is 0 Å². The van der Waals surface area contributed by atoms with Gasteiger partial charge in [0.1, 0.15) is 6.04 Å². The number of hydrogen-bond acceptors (Lipinski definition) is 4. The first kappa shape index (κ1) is 15.4. The molecule has 0 aromatic carbocycles. The lowest BCUT2D eigenvalue weighted by molar-refractivity contribution is -0.151. The monoisotopic (exact) mass is 271 g/mol. The molecule has 1 saturated heterocycles. The van der Waals surface area contributed by atoms with Gasteiger partial charge < -0.3 is 21.1 Å². The summed E-state index contributed by atoms with van der Waals surface area (Å²) in [4.78, 5) is 36.2. The fourth-order valence-electron chi connectivity index (χ4n) is 2.28. The third kappa shape index (κ3) is 3.66. The number of carboxylic acids is 1. The highest BCUT2D eigenvalue weighted by Gasteiger charge is 2.40. The number of nitrogens with zero attached hydrogens (tertiary/aromatic N) is 1. The molecule has 0 aliphatic carbocycles. The normalized spacial score (nSPS) is 22.6. The number of rotatable bonds is 5. The number of carboxylic acid groups (broad SMARTS) is 1. The Balaban J connectivity index is 2.90. The zero-order valence-corrected chi connectivity index (χ0v) is 11.3. The van der Waals surface area contributed by atoms with Gasteiger partial charge in [0, 0.05) is 13.1 Å². The SMILES string of the molecule is CCCC(C)(N)C(=O)N1CCNC(=O)C1CC(=O)O. The van der Waals surface area contributed by atoms with Crippen LogP contribution in [0.4, 0.5) is 0 Å². The van der Waals surface area contributed by atoms with Crippen molar-refractivity contribution in [3.05, 3.63) is 0 Å². The van der Waals surface area contributed by atoms with Gasteiger partial charge in [0.2, 0.25) is 11.8 Å². The average molecular weight is 271 g/mol. The van der Waals surface area contributed by atoms with E-state index in [1.807, 2.05) is 6.92 Å². The second kappa shape index (κ2) is 6.01. The van der Waals surface area contributed by atoms with Crippen molar-refractivity contribution in [3.8, 4) is 0 Å². The van der Waals surface area contributed by atoms with Crippen molar-refractivity contribution in [2.45, 2.75) is 44.7 Å². The third-order valence-electron chi connectivity index (χ3n) is 3.22. The van der Waals surface area contributed by atoms with Gasteiger partial charge in [0.15, 0.2) is 0 Å². The number of aliphatic carboxylic acids is 1. The van der Waals surface area contributed by atoms with Crippen LogP contribution in [0.5, 0.6) is 0 Å². The minimum Gasteiger partial charge on any atom is -0.481 e. The summed E-state index contributed by atoms with van der Waals surface area (Å²) in [5.74, 6) is -1.92. The molecule has 19 heavy (non-hydrogen) atoms. The Morgan fingerprint density at radius 3 is 2.74 bits per heavy atom. The van der Waals surface area contributed by atoms with Crippen LogP contribution in [0.15, 0.2) is 0 Å². The van der Waals surface area contributed by atoms with Gasteiger partial charge in [-0.25, -0.2) is 0 Å². The van der Waals surface area contributed by atoms with E-state index in [0.29, 0.717) is 19.5 Å². The first-order chi connectivity index (χ1) is 8.79. The lowest BCUT2D eigenvalue weighted by Crippen LogP contribution is -2.63. The second-order valence-corrected chi connectivity index (χ2v) is 5.07. The Kier molecular flexibility index (Phi) is 4.88. The molecular weight excluding hydrogens is 250 g/mol. The van der Waals surface area contributed by atoms with Crippen molar-refractivity contribution in [1.29, 1.82) is 0 Å². The molecule has 0 bridgehead atoms. The van der Waals surface area contributed by atoms with Crippen LogP contribution in [0, 0.1) is 0 Å². The summed E-state index contributed by atoms with van der Waals surface area (Å²) in [5.41, 5.74) is 4.90. The highest BCUT2D eigenvalue weighted by Crippen LogP contribution is 2.18. The van der Waals surface area contributed by atoms with Gasteiger partial charge in [-0.1, -0.05) is 13.3 Å². The molecule has 108 valence electrons. The molecule has 1 rings (SSSR count). The van der Waals surface area contributed by atoms with Crippen molar-refractivity contribution < 1.29 is 19.5 Å². The minimum absolute atomic E-state index is 0.291. The molecule has 0 aromatic heterocycles. The van der Waals surface area contributed by atoms with Crippen molar-refractivity contribution in [2.24, 2.45) is 5.73 Å². The maximum absolute atomic E-state index is 12.4. The molecule has 2 atom stereocenters. The zero-order valence-electron chi connectivity index (χ0n) is 11.3. The molecule has 1 heterocycles. The van der Waals surface area contributed by atoms with Gasteiger partial charge >= 0.3 is 5.97 Å². The molecule has 4 N–H and O–H groups in total. The van der Waals surface area contributed by atoms with E-state index < -0.39 is 29.9 Å². The van der Waals surface area contributed by atoms with Crippen LogP contribution in [0.3, 0.4) is 0 Å². The van der Waals surface area contributed by atoms with E-state index in [-0.39, 0.29) is 5.91 Å². The number of piperazine rings is 1. The van der Waals surface area contributed by atoms with Crippen molar-refractivity contribution in [3.63, 3.8) is 0 Å². The molecule has 1 aliphatic heterocycles. The number of nitrogens with one attached hydrogen (secondary N) is 1. The van der Waals surface area contributed by atoms with Gasteiger partial charge in [0.05, 0.1) is 12.0 Å². The average Bonchev–Trinajstić information content (AvgIpc) is 2.30. The van der Waals surface area contributed by atoms with Crippen molar-refractivity contribution in [1.82, 2.24) is 10.2 Å². The van der Waals surface area contributed by atoms with Crippen LogP contribution in [0.2, 0.25) is 0 Å². The Hall–Kier alpha value is -1.63. The van der Waals surface area contributed by atoms with Gasteiger partial charge in [-0.05, 0) is 13.3 Å². The molecule has 7 nitrogen and oxygen atoms in total. The maximum atomic E-state index is 12.4. The molecule has 0 spiro atoms. The van der Waals surface area contributed by atoms with Crippen LogP contribution in [0.25, 0.3) is 0 Å². The smallest absolute Gasteiger partial charge is 0.305 e. The number of nitrogens with two attached hydrogens (primary N) is 1. The van der Waals surface area contributed by atoms with Crippen LogP contribution in [-0.4, -0.2) is 52.5 Å². The summed E-state index contributed by atoms with van der Waals surface area (Å²) in [6, 6.07) is -0.974. The van der Waals surface area contributed by atoms with E-state index in [2.05, 4.69) is 5.32 Å². The van der Waals surface area contributed by atoms with Crippen LogP contribution in [0.1, 0.15) is 33.1 Å². The zero-order chi connectivity index (χ0) is 14.6. The highest BCUT2D eigenvalue weighted by molar-refractivity contribution is 5.94. The Morgan fingerprint density at radius 2 is 2.21 bits per heavy atom. The van der Waals surface area contributed by atoms with Crippen LogP contribution < -0.4 is 11.1 Å². The molecule has 0 saturated carbocycles. The first-order valence-corrected chi connectivity index (χ1v) is 6.39. The lowest BCUT2D eigenvalue weighted by Gasteiger charge is -2.38. The van der Waals surface area contributed by atoms with Gasteiger partial charge in [-0.2, -0.15) is 0 Å². The van der Waals surface area contributed by atoms with E-state index in [4.69, 9.17) is 10.8 Å². The van der Waals surface area contributed by atoms with E-state index in [0.717, 1.165) is 6.42 Å². The van der Waals surface area contributed by atoms with Gasteiger partial charge in [-0.3, -0.25) is 14.4 Å². The Morgan fingerprint density at radius 1 is 1.58 bits per heavy atom. The highest BCUT2D eigenvalue weighted by atomic mass is 16.4. The number of carbonyl (C=O) groups is 3. The quantitative estimate of drug-likeness (QED) is 0.612. The summed E-state index contributed by atoms with van der Waals surface area (Å²) >= 11 is 0. The molecule has 1 fully saturated rings. The van der Waals surface area contributed by atoms with Gasteiger partial charge in [-0.15, -0.1) is 0 Å². The van der Waals surface area contributed by atoms with E-state index in [9.17, 15) is 14.4 Å². The molecule has 7 heteroatoms. The molecule has 2 amide bonds. The van der Waals surface area contributed by atoms with Crippen molar-refractivity contribution >= 4 is 17.8 Å². The Bertz CT molecular complexity index is 381. The molecule has 0 radical (unpaired) electrons. The predicted octanol–water partition coefficient (Wildman–Crippen LogP) is -0.694. The minimum atomic E-state index is -1.12. The summed E-state index contributed by atoms with van der Waals surface area (Å²) in [6.45, 7) is 4.14. The molecule has 0 aromatic rings. The van der Waals surface area contributed by atoms with E-state index in [1.54, 1.807) is 6.92 Å². The van der Waals surface area contributed by atoms with E-state index >= 15 is 0 Å². The number of amides is 2. The topological polar surface area (TPSA) is 113 Å². The molecular formula is C12H21N3O4. The van der Waals surface area contributed by atoms with E-state index in [1.165, 1.54) is 4.90 Å². The second-order valence-electron chi connectivity index (χ2n) is 5.07. The first-order valence-electron chi connectivity index (χ1n) is 6.39. The predicted molar refractivity (Wildman–Crippen MR) is 68.3 cm³/mol. The largest absolute Gasteiger partial charge is 0.481 e. The maximum Gasteiger partial charge on any atom is 0.305 e. The van der Waals surface area contributed by atoms with Crippen molar-refractivity contribution in [2.75, 3.05) is 13.1 Å². The molecule has 2 unspecified atom stereocenters. The summed E-state index contributed by atoms with van der Waals surface area (Å²) in [7, 11) is 0. The molecule has 1 aliphatic rings. The van der Waals surface area contributed by atoms with Crippen LogP contribution in [-0.2, 0) is 14.4 Å². The number of carbonyl (C=O) groups excluding carboxylic acids is 2. The Labute approximate surface area is 112 Å². The standard InChI is InChI=1S/C12H21N3O4/c1-3-4-12(2,13)11(19)15-6-5-14-10(18)8(15)7-9(16)17/h8H,3-7,13H2,1-2H3,(H,14,18)(H,16,17). The fourth-order valence-corrected chi connectivity index (χ4v) is 2.28. The summed E-state index contributed by atoms with van der Waals surface area (Å²) < 4.78 is 0. The van der Waals surface area contributed by atoms with Crippen LogP contribution >= 0.6 is 0 Å². The number of hydrogen-bond donors (Lipinski definition) is 3. The summed E-state index contributed by atoms with van der Waals surface area (Å²) in [6.07, 6.45) is 0.825. The fraction of sp³-hybridized carbons (Fsp3) is 0.750. The lowest BCUT2D eigenvalue weighted by atomic mass is 9.94. The third-order valence-corrected chi connectivity index (χ3v) is 3.22. The summed E-state index contributed by atoms with van der Waals surface area (Å²) in [5, 5.41) is 11.4.